The molecule has 0 heterocycles. The largest absolute Gasteiger partial charge is 0.352 e. The first-order valence-corrected chi connectivity index (χ1v) is 4.00. The minimum atomic E-state index is -0.114. The van der Waals surface area contributed by atoms with Crippen LogP contribution in [0, 0.1) is 5.41 Å². The van der Waals surface area contributed by atoms with Crippen molar-refractivity contribution in [2.45, 2.75) is 32.9 Å². The van der Waals surface area contributed by atoms with Crippen LogP contribution in [0.3, 0.4) is 0 Å². The van der Waals surface area contributed by atoms with Gasteiger partial charge in [0.25, 0.3) is 0 Å². The summed E-state index contributed by atoms with van der Waals surface area (Å²) in [5, 5.41) is 10.0. The van der Waals surface area contributed by atoms with Crippen molar-refractivity contribution >= 4 is 18.3 Å². The van der Waals surface area contributed by atoms with E-state index in [1.54, 1.807) is 6.21 Å². The Morgan fingerprint density at radius 1 is 1.75 bits per heavy atom. The van der Waals surface area contributed by atoms with Gasteiger partial charge < -0.3 is 10.1 Å². The highest BCUT2D eigenvalue weighted by Crippen LogP contribution is 1.85. The second-order valence-electron chi connectivity index (χ2n) is 2.41. The molecule has 0 saturated carbocycles. The lowest BCUT2D eigenvalue weighted by Crippen LogP contribution is -2.30. The second-order valence-corrected chi connectivity index (χ2v) is 2.41. The summed E-state index contributed by atoms with van der Waals surface area (Å²) in [5.41, 5.74) is 0. The molecule has 0 spiro atoms. The molecule has 1 atom stereocenters. The van der Waals surface area contributed by atoms with Gasteiger partial charge in [-0.15, -0.1) is 0 Å². The number of nitrogens with one attached hydrogen (secondary N) is 2. The van der Waals surface area contributed by atoms with Gasteiger partial charge in [-0.2, -0.15) is 0 Å². The van der Waals surface area contributed by atoms with E-state index in [-0.39, 0.29) is 18.4 Å². The number of aldehydes is 1. The third-order valence-corrected chi connectivity index (χ3v) is 1.18. The Morgan fingerprint density at radius 3 is 2.92 bits per heavy atom. The van der Waals surface area contributed by atoms with Crippen LogP contribution in [0.1, 0.15) is 26.7 Å². The summed E-state index contributed by atoms with van der Waals surface area (Å²) in [6, 6.07) is 0. The van der Waals surface area contributed by atoms with Gasteiger partial charge in [-0.3, -0.25) is 10.4 Å². The average Bonchev–Trinajstić information content (AvgIpc) is 2.01. The SMILES string of the molecule is CCC=NC(C)NC(=N)CC=O. The number of carbonyl (C=O) groups excluding carboxylic acids is 1. The van der Waals surface area contributed by atoms with Crippen LogP contribution in [0.5, 0.6) is 0 Å². The molecular formula is C8H15N3O. The van der Waals surface area contributed by atoms with E-state index >= 15 is 0 Å². The van der Waals surface area contributed by atoms with E-state index in [1.807, 2.05) is 13.8 Å². The zero-order valence-electron chi connectivity index (χ0n) is 7.50. The third-order valence-electron chi connectivity index (χ3n) is 1.18. The first kappa shape index (κ1) is 10.8. The van der Waals surface area contributed by atoms with Crippen molar-refractivity contribution in [2.75, 3.05) is 0 Å². The van der Waals surface area contributed by atoms with Crippen molar-refractivity contribution in [1.82, 2.24) is 5.32 Å². The van der Waals surface area contributed by atoms with E-state index in [0.29, 0.717) is 6.29 Å². The zero-order chi connectivity index (χ0) is 9.40. The minimum Gasteiger partial charge on any atom is -0.352 e. The van der Waals surface area contributed by atoms with Crippen LogP contribution in [0.15, 0.2) is 4.99 Å². The summed E-state index contributed by atoms with van der Waals surface area (Å²) >= 11 is 0. The number of rotatable bonds is 5. The van der Waals surface area contributed by atoms with Gasteiger partial charge in [-0.1, -0.05) is 6.92 Å². The highest BCUT2D eigenvalue weighted by atomic mass is 16.1. The molecule has 12 heavy (non-hydrogen) atoms. The molecule has 0 saturated heterocycles. The highest BCUT2D eigenvalue weighted by Gasteiger charge is 1.98. The molecule has 0 rings (SSSR count). The van der Waals surface area contributed by atoms with Crippen molar-refractivity contribution < 1.29 is 4.79 Å². The number of carbonyl (C=O) groups is 1. The molecule has 4 nitrogen and oxygen atoms in total. The number of hydrogen-bond donors (Lipinski definition) is 2. The molecule has 1 unspecified atom stereocenters. The van der Waals surface area contributed by atoms with Gasteiger partial charge >= 0.3 is 0 Å². The number of aliphatic imine (C=N–C) groups is 1. The molecule has 0 amide bonds. The van der Waals surface area contributed by atoms with Crippen molar-refractivity contribution in [3.63, 3.8) is 0 Å². The molecule has 0 aliphatic heterocycles. The topological polar surface area (TPSA) is 65.3 Å². The lowest BCUT2D eigenvalue weighted by Gasteiger charge is -2.09. The molecule has 2 N–H and O–H groups in total. The van der Waals surface area contributed by atoms with E-state index in [4.69, 9.17) is 5.41 Å². The molecule has 0 radical (unpaired) electrons. The normalized spacial score (nSPS) is 12.8. The maximum absolute atomic E-state index is 9.99. The van der Waals surface area contributed by atoms with E-state index in [1.165, 1.54) is 0 Å². The fourth-order valence-corrected chi connectivity index (χ4v) is 0.695. The number of hydrogen-bond acceptors (Lipinski definition) is 3. The Labute approximate surface area is 72.6 Å². The van der Waals surface area contributed by atoms with Crippen LogP contribution in [0.2, 0.25) is 0 Å². The lowest BCUT2D eigenvalue weighted by atomic mass is 10.4. The first-order chi connectivity index (χ1) is 5.70. The fraction of sp³-hybridized carbons (Fsp3) is 0.625. The van der Waals surface area contributed by atoms with Crippen LogP contribution in [-0.4, -0.2) is 24.5 Å². The molecule has 0 aromatic carbocycles. The summed E-state index contributed by atoms with van der Waals surface area (Å²) in [7, 11) is 0. The van der Waals surface area contributed by atoms with E-state index in [2.05, 4.69) is 10.3 Å². The van der Waals surface area contributed by atoms with Crippen molar-refractivity contribution in [1.29, 1.82) is 5.41 Å². The predicted octanol–water partition coefficient (Wildman–Crippen LogP) is 0.969. The molecule has 68 valence electrons. The van der Waals surface area contributed by atoms with Crippen LogP contribution in [0.25, 0.3) is 0 Å². The van der Waals surface area contributed by atoms with Gasteiger partial charge in [0, 0.05) is 6.21 Å². The predicted molar refractivity (Wildman–Crippen MR) is 49.8 cm³/mol. The zero-order valence-corrected chi connectivity index (χ0v) is 7.50. The summed E-state index contributed by atoms with van der Waals surface area (Å²) in [6.07, 6.45) is 3.38. The van der Waals surface area contributed by atoms with Crippen LogP contribution < -0.4 is 5.32 Å². The van der Waals surface area contributed by atoms with Crippen LogP contribution in [-0.2, 0) is 4.79 Å². The third kappa shape index (κ3) is 5.58. The molecule has 0 aliphatic rings. The van der Waals surface area contributed by atoms with E-state index in [0.717, 1.165) is 6.42 Å². The van der Waals surface area contributed by atoms with E-state index in [9.17, 15) is 4.79 Å². The molecule has 0 fully saturated rings. The smallest absolute Gasteiger partial charge is 0.127 e. The Balaban J connectivity index is 3.67. The Hall–Kier alpha value is -1.19. The van der Waals surface area contributed by atoms with Crippen LogP contribution in [0.4, 0.5) is 0 Å². The summed E-state index contributed by atoms with van der Waals surface area (Å²) in [6.45, 7) is 3.83. The summed E-state index contributed by atoms with van der Waals surface area (Å²) in [5.74, 6) is 0.214. The molecule has 0 aromatic heterocycles. The van der Waals surface area contributed by atoms with Crippen molar-refractivity contribution in [3.8, 4) is 0 Å². The molecule has 0 aliphatic carbocycles. The first-order valence-electron chi connectivity index (χ1n) is 4.00. The molecule has 0 bridgehead atoms. The van der Waals surface area contributed by atoms with Gasteiger partial charge in [0.2, 0.25) is 0 Å². The summed E-state index contributed by atoms with van der Waals surface area (Å²) < 4.78 is 0. The highest BCUT2D eigenvalue weighted by molar-refractivity contribution is 5.90. The quantitative estimate of drug-likeness (QED) is 0.366. The van der Waals surface area contributed by atoms with Gasteiger partial charge in [0.1, 0.15) is 18.3 Å². The van der Waals surface area contributed by atoms with E-state index < -0.39 is 0 Å². The van der Waals surface area contributed by atoms with Crippen molar-refractivity contribution in [3.05, 3.63) is 0 Å². The monoisotopic (exact) mass is 169 g/mol. The van der Waals surface area contributed by atoms with Gasteiger partial charge in [-0.05, 0) is 13.3 Å². The Kier molecular flexibility index (Phi) is 5.87. The fourth-order valence-electron chi connectivity index (χ4n) is 0.695. The van der Waals surface area contributed by atoms with Gasteiger partial charge in [0.15, 0.2) is 0 Å². The maximum atomic E-state index is 9.99. The standard InChI is InChI=1S/C8H15N3O/c1-3-5-10-7(2)11-8(9)4-6-12/h5-7H,3-4H2,1-2H3,(H2,9,11). The second kappa shape index (κ2) is 6.52. The van der Waals surface area contributed by atoms with Gasteiger partial charge in [-0.25, -0.2) is 0 Å². The number of amidine groups is 1. The molecular weight excluding hydrogens is 154 g/mol. The molecule has 0 aromatic rings. The average molecular weight is 169 g/mol. The minimum absolute atomic E-state index is 0.114. The lowest BCUT2D eigenvalue weighted by molar-refractivity contribution is -0.106. The Morgan fingerprint density at radius 2 is 2.42 bits per heavy atom. The van der Waals surface area contributed by atoms with Crippen molar-refractivity contribution in [2.24, 2.45) is 4.99 Å². The maximum Gasteiger partial charge on any atom is 0.127 e. The number of nitrogens with zero attached hydrogens (tertiary/aromatic N) is 1. The van der Waals surface area contributed by atoms with Crippen LogP contribution >= 0.6 is 0 Å². The Bertz CT molecular complexity index is 177. The molecule has 4 heteroatoms. The summed E-state index contributed by atoms with van der Waals surface area (Å²) in [4.78, 5) is 14.1. The van der Waals surface area contributed by atoms with Gasteiger partial charge in [0.05, 0.1) is 6.42 Å².